The number of hydrogen-bond acceptors (Lipinski definition) is 6. The van der Waals surface area contributed by atoms with E-state index in [0.29, 0.717) is 16.4 Å². The van der Waals surface area contributed by atoms with Gasteiger partial charge in [-0.15, -0.1) is 0 Å². The Labute approximate surface area is 237 Å². The number of carbonyl (C=O) groups is 1. The van der Waals surface area contributed by atoms with E-state index in [4.69, 9.17) is 26.1 Å². The Kier molecular flexibility index (Phi) is 6.99. The Morgan fingerprint density at radius 3 is 2.30 bits per heavy atom. The molecule has 0 spiro atoms. The molecule has 0 bridgehead atoms. The van der Waals surface area contributed by atoms with Gasteiger partial charge in [-0.1, -0.05) is 36.4 Å². The predicted octanol–water partition coefficient (Wildman–Crippen LogP) is 7.10. The fourth-order valence-corrected chi connectivity index (χ4v) is 5.12. The van der Waals surface area contributed by atoms with Crippen LogP contribution in [0, 0.1) is 0 Å². The summed E-state index contributed by atoms with van der Waals surface area (Å²) in [4.78, 5) is 18.5. The number of furan rings is 1. The van der Waals surface area contributed by atoms with E-state index in [-0.39, 0.29) is 18.1 Å². The second kappa shape index (κ2) is 11.0. The largest absolute Gasteiger partial charge is 0.465 e. The molecule has 0 radical (unpaired) electrons. The molecule has 40 heavy (non-hydrogen) atoms. The Balaban J connectivity index is 1.33. The van der Waals surface area contributed by atoms with Crippen molar-refractivity contribution in [2.75, 3.05) is 12.0 Å². The van der Waals surface area contributed by atoms with Gasteiger partial charge in [-0.05, 0) is 85.0 Å². The van der Waals surface area contributed by atoms with Crippen molar-refractivity contribution in [3.05, 3.63) is 132 Å². The Morgan fingerprint density at radius 1 is 0.875 bits per heavy atom. The Bertz CT molecular complexity index is 1620. The maximum atomic E-state index is 11.8. The normalized spacial score (nSPS) is 16.4. The number of carbonyl (C=O) groups excluding carboxylic acids is 1. The first kappa shape index (κ1) is 25.3. The van der Waals surface area contributed by atoms with Gasteiger partial charge in [0, 0.05) is 17.4 Å². The summed E-state index contributed by atoms with van der Waals surface area (Å²) in [6.07, 6.45) is 1.77. The van der Waals surface area contributed by atoms with Crippen molar-refractivity contribution >= 4 is 29.0 Å². The van der Waals surface area contributed by atoms with Gasteiger partial charge in [-0.3, -0.25) is 4.98 Å². The van der Waals surface area contributed by atoms with Gasteiger partial charge in [0.05, 0.1) is 24.4 Å². The number of methoxy groups -OCH3 is 1. The minimum atomic E-state index is -0.383. The summed E-state index contributed by atoms with van der Waals surface area (Å²) in [7, 11) is 1.36. The molecule has 1 fully saturated rings. The number of ether oxygens (including phenoxy) is 2. The van der Waals surface area contributed by atoms with Gasteiger partial charge in [-0.2, -0.15) is 0 Å². The first-order chi connectivity index (χ1) is 19.6. The molecule has 0 saturated carbocycles. The lowest BCUT2D eigenvalue weighted by atomic mass is 10.0. The average Bonchev–Trinajstić information content (AvgIpc) is 3.63. The van der Waals surface area contributed by atoms with E-state index >= 15 is 0 Å². The predicted molar refractivity (Wildman–Crippen MR) is 156 cm³/mol. The number of para-hydroxylation sites is 1. The lowest BCUT2D eigenvalue weighted by molar-refractivity contribution is 0.0600. The SMILES string of the molecule is COC(=O)c1ccc(-c2ccc(C3C(c4ccccn4)NC(=S)N3c3ccc(Oc4ccccc4)cc3)o2)cc1. The lowest BCUT2D eigenvalue weighted by Gasteiger charge is -2.26. The summed E-state index contributed by atoms with van der Waals surface area (Å²) in [6.45, 7) is 0. The molecule has 2 atom stereocenters. The van der Waals surface area contributed by atoms with Crippen molar-refractivity contribution in [2.45, 2.75) is 12.1 Å². The molecular formula is C32H25N3O4S. The lowest BCUT2D eigenvalue weighted by Crippen LogP contribution is -2.29. The van der Waals surface area contributed by atoms with E-state index in [1.165, 1.54) is 7.11 Å². The summed E-state index contributed by atoms with van der Waals surface area (Å²) in [5.74, 6) is 2.51. The molecule has 1 saturated heterocycles. The van der Waals surface area contributed by atoms with Gasteiger partial charge in [0.15, 0.2) is 5.11 Å². The summed E-state index contributed by atoms with van der Waals surface area (Å²) < 4.78 is 17.2. The minimum Gasteiger partial charge on any atom is -0.465 e. The van der Waals surface area contributed by atoms with Gasteiger partial charge < -0.3 is 24.1 Å². The molecule has 1 aliphatic heterocycles. The maximum Gasteiger partial charge on any atom is 0.337 e. The standard InChI is InChI=1S/C32H25N3O4S/c1-37-31(36)22-12-10-21(11-13-22)27-18-19-28(39-27)30-29(26-9-5-6-20-33-26)34-32(40)35(30)23-14-16-25(17-15-23)38-24-7-3-2-4-8-24/h2-20,29-30H,1H3,(H,34,40). The number of hydrogen-bond donors (Lipinski definition) is 1. The van der Waals surface area contributed by atoms with Crippen LogP contribution in [0.5, 0.6) is 11.5 Å². The van der Waals surface area contributed by atoms with Crippen LogP contribution in [0.25, 0.3) is 11.3 Å². The molecule has 8 heteroatoms. The fourth-order valence-electron chi connectivity index (χ4n) is 4.78. The molecule has 0 amide bonds. The van der Waals surface area contributed by atoms with Gasteiger partial charge in [-0.25, -0.2) is 4.79 Å². The first-order valence-electron chi connectivity index (χ1n) is 12.7. The van der Waals surface area contributed by atoms with Crippen LogP contribution in [0.4, 0.5) is 5.69 Å². The fraction of sp³-hybridized carbons (Fsp3) is 0.0938. The van der Waals surface area contributed by atoms with Gasteiger partial charge in [0.2, 0.25) is 0 Å². The highest BCUT2D eigenvalue weighted by atomic mass is 32.1. The van der Waals surface area contributed by atoms with Crippen LogP contribution < -0.4 is 15.0 Å². The van der Waals surface area contributed by atoms with Crippen molar-refractivity contribution in [2.24, 2.45) is 0 Å². The van der Waals surface area contributed by atoms with Crippen LogP contribution in [0.15, 0.2) is 120 Å². The first-order valence-corrected chi connectivity index (χ1v) is 13.1. The topological polar surface area (TPSA) is 76.8 Å². The van der Waals surface area contributed by atoms with E-state index in [1.807, 2.05) is 102 Å². The molecule has 7 nitrogen and oxygen atoms in total. The molecule has 3 heterocycles. The number of pyridine rings is 1. The van der Waals surface area contributed by atoms with Crippen LogP contribution in [0.2, 0.25) is 0 Å². The van der Waals surface area contributed by atoms with Crippen LogP contribution in [0.3, 0.4) is 0 Å². The molecule has 3 aromatic carbocycles. The number of nitrogens with one attached hydrogen (secondary N) is 1. The molecular weight excluding hydrogens is 522 g/mol. The highest BCUT2D eigenvalue weighted by molar-refractivity contribution is 7.80. The molecule has 5 aromatic rings. The Hall–Kier alpha value is -4.95. The van der Waals surface area contributed by atoms with Crippen molar-refractivity contribution < 1.29 is 18.7 Å². The zero-order valence-electron chi connectivity index (χ0n) is 21.6. The second-order valence-corrected chi connectivity index (χ2v) is 9.56. The highest BCUT2D eigenvalue weighted by Gasteiger charge is 2.42. The van der Waals surface area contributed by atoms with Gasteiger partial charge in [0.1, 0.15) is 29.1 Å². The molecule has 0 aliphatic carbocycles. The van der Waals surface area contributed by atoms with E-state index in [2.05, 4.69) is 10.3 Å². The zero-order chi connectivity index (χ0) is 27.5. The molecule has 198 valence electrons. The molecule has 1 aliphatic rings. The highest BCUT2D eigenvalue weighted by Crippen LogP contribution is 2.43. The van der Waals surface area contributed by atoms with Crippen LogP contribution in [0.1, 0.15) is 33.9 Å². The summed E-state index contributed by atoms with van der Waals surface area (Å²) in [6, 6.07) is 33.7. The van der Waals surface area contributed by atoms with Crippen molar-refractivity contribution in [3.63, 3.8) is 0 Å². The van der Waals surface area contributed by atoms with Crippen LogP contribution >= 0.6 is 12.2 Å². The van der Waals surface area contributed by atoms with Crippen molar-refractivity contribution in [1.82, 2.24) is 10.3 Å². The third-order valence-corrected chi connectivity index (χ3v) is 7.02. The Morgan fingerprint density at radius 2 is 1.60 bits per heavy atom. The number of nitrogens with zero attached hydrogens (tertiary/aromatic N) is 2. The van der Waals surface area contributed by atoms with E-state index < -0.39 is 0 Å². The molecule has 6 rings (SSSR count). The van der Waals surface area contributed by atoms with Crippen LogP contribution in [-0.4, -0.2) is 23.2 Å². The van der Waals surface area contributed by atoms with Crippen molar-refractivity contribution in [3.8, 4) is 22.8 Å². The van der Waals surface area contributed by atoms with E-state index in [9.17, 15) is 4.79 Å². The molecule has 2 unspecified atom stereocenters. The van der Waals surface area contributed by atoms with Crippen LogP contribution in [-0.2, 0) is 4.74 Å². The third kappa shape index (κ3) is 5.04. The molecule has 1 N–H and O–H groups in total. The summed E-state index contributed by atoms with van der Waals surface area (Å²) in [5, 5.41) is 4.02. The average molecular weight is 548 g/mol. The zero-order valence-corrected chi connectivity index (χ0v) is 22.4. The molecule has 2 aromatic heterocycles. The second-order valence-electron chi connectivity index (χ2n) is 9.18. The number of aromatic nitrogens is 1. The van der Waals surface area contributed by atoms with Crippen molar-refractivity contribution in [1.29, 1.82) is 0 Å². The number of anilines is 1. The number of rotatable bonds is 7. The van der Waals surface area contributed by atoms with E-state index in [1.54, 1.807) is 18.3 Å². The summed E-state index contributed by atoms with van der Waals surface area (Å²) in [5.41, 5.74) is 3.06. The number of esters is 1. The third-order valence-electron chi connectivity index (χ3n) is 6.70. The summed E-state index contributed by atoms with van der Waals surface area (Å²) >= 11 is 5.84. The number of benzene rings is 3. The van der Waals surface area contributed by atoms with E-state index in [0.717, 1.165) is 34.2 Å². The quantitative estimate of drug-likeness (QED) is 0.171. The number of thiocarbonyl (C=S) groups is 1. The smallest absolute Gasteiger partial charge is 0.337 e. The van der Waals surface area contributed by atoms with Gasteiger partial charge >= 0.3 is 5.97 Å². The van der Waals surface area contributed by atoms with Gasteiger partial charge in [0.25, 0.3) is 0 Å². The maximum absolute atomic E-state index is 11.8. The monoisotopic (exact) mass is 547 g/mol. The minimum absolute atomic E-state index is 0.241.